The Kier molecular flexibility index (Phi) is 5.11. The Morgan fingerprint density at radius 2 is 1.74 bits per heavy atom. The van der Waals surface area contributed by atoms with Gasteiger partial charge in [0.15, 0.2) is 17.5 Å². The molecule has 1 saturated heterocycles. The highest BCUT2D eigenvalue weighted by molar-refractivity contribution is 5.94. The van der Waals surface area contributed by atoms with Crippen molar-refractivity contribution in [2.75, 3.05) is 44.7 Å². The average molecular weight is 385 g/mol. The van der Waals surface area contributed by atoms with Crippen LogP contribution in [0.25, 0.3) is 10.9 Å². The third-order valence-corrected chi connectivity index (χ3v) is 4.71. The molecule has 1 aliphatic rings. The van der Waals surface area contributed by atoms with Crippen molar-refractivity contribution in [3.8, 4) is 0 Å². The van der Waals surface area contributed by atoms with Crippen molar-refractivity contribution in [2.24, 2.45) is 0 Å². The molecule has 27 heavy (non-hydrogen) atoms. The first kappa shape index (κ1) is 19.2. The number of aromatic nitrogens is 1. The first-order valence-electron chi connectivity index (χ1n) is 8.29. The summed E-state index contributed by atoms with van der Waals surface area (Å²) in [4.78, 5) is 26.9. The highest BCUT2D eigenvalue weighted by Crippen LogP contribution is 2.33. The number of pyridine rings is 1. The summed E-state index contributed by atoms with van der Waals surface area (Å²) >= 11 is 0. The number of carbonyl (C=O) groups is 1. The van der Waals surface area contributed by atoms with E-state index in [9.17, 15) is 23.5 Å². The van der Waals surface area contributed by atoms with E-state index in [-0.39, 0.29) is 19.6 Å². The van der Waals surface area contributed by atoms with Gasteiger partial charge in [-0.05, 0) is 7.05 Å². The largest absolute Gasteiger partial charge is 0.477 e. The van der Waals surface area contributed by atoms with Crippen molar-refractivity contribution in [3.05, 3.63) is 39.4 Å². The summed E-state index contributed by atoms with van der Waals surface area (Å²) in [5.74, 6) is -5.94. The highest BCUT2D eigenvalue weighted by Gasteiger charge is 2.30. The van der Waals surface area contributed by atoms with E-state index in [0.717, 1.165) is 10.8 Å². The lowest BCUT2D eigenvalue weighted by atomic mass is 10.1. The van der Waals surface area contributed by atoms with Crippen molar-refractivity contribution in [1.82, 2.24) is 9.47 Å². The van der Waals surface area contributed by atoms with Crippen LogP contribution >= 0.6 is 0 Å². The number of rotatable bonds is 4. The van der Waals surface area contributed by atoms with Gasteiger partial charge in [-0.3, -0.25) is 4.79 Å². The summed E-state index contributed by atoms with van der Waals surface area (Å²) in [6, 6.07) is 0. The average Bonchev–Trinajstić information content (AvgIpc) is 2.62. The van der Waals surface area contributed by atoms with Gasteiger partial charge in [-0.25, -0.2) is 18.0 Å². The molecule has 7 nitrogen and oxygen atoms in total. The van der Waals surface area contributed by atoms with Crippen LogP contribution in [0.3, 0.4) is 0 Å². The Hall–Kier alpha value is -2.59. The van der Waals surface area contributed by atoms with Crippen LogP contribution in [0.1, 0.15) is 10.4 Å². The van der Waals surface area contributed by atoms with Crippen LogP contribution in [0, 0.1) is 17.5 Å². The van der Waals surface area contributed by atoms with E-state index in [2.05, 4.69) is 0 Å². The number of halogens is 3. The van der Waals surface area contributed by atoms with E-state index in [1.165, 1.54) is 4.90 Å². The van der Waals surface area contributed by atoms with E-state index in [1.807, 2.05) is 11.9 Å². The number of aliphatic hydroxyl groups is 1. The number of aromatic carboxylic acids is 1. The summed E-state index contributed by atoms with van der Waals surface area (Å²) in [5.41, 5.74) is -3.30. The van der Waals surface area contributed by atoms with E-state index >= 15 is 4.39 Å². The third-order valence-electron chi connectivity index (χ3n) is 4.71. The maximum atomic E-state index is 15.2. The van der Waals surface area contributed by atoms with Crippen molar-refractivity contribution < 1.29 is 28.2 Å². The van der Waals surface area contributed by atoms with Gasteiger partial charge in [-0.1, -0.05) is 0 Å². The fourth-order valence-corrected chi connectivity index (χ4v) is 3.27. The lowest BCUT2D eigenvalue weighted by Crippen LogP contribution is -2.45. The van der Waals surface area contributed by atoms with Crippen molar-refractivity contribution in [1.29, 1.82) is 0 Å². The lowest BCUT2D eigenvalue weighted by molar-refractivity contribution is 0.0694. The number of carboxylic acids is 1. The number of piperazine rings is 1. The van der Waals surface area contributed by atoms with Crippen molar-refractivity contribution in [3.63, 3.8) is 0 Å². The van der Waals surface area contributed by atoms with Gasteiger partial charge in [0, 0.05) is 38.9 Å². The van der Waals surface area contributed by atoms with Gasteiger partial charge in [0.2, 0.25) is 5.43 Å². The van der Waals surface area contributed by atoms with Gasteiger partial charge in [0.25, 0.3) is 0 Å². The Morgan fingerprint density at radius 1 is 1.11 bits per heavy atom. The molecule has 10 heteroatoms. The molecule has 3 rings (SSSR count). The lowest BCUT2D eigenvalue weighted by Gasteiger charge is -2.34. The molecule has 1 aromatic heterocycles. The zero-order valence-corrected chi connectivity index (χ0v) is 14.5. The van der Waals surface area contributed by atoms with Gasteiger partial charge in [0.1, 0.15) is 11.3 Å². The summed E-state index contributed by atoms with van der Waals surface area (Å²) in [5, 5.41) is 17.3. The quantitative estimate of drug-likeness (QED) is 0.760. The first-order valence-corrected chi connectivity index (χ1v) is 8.29. The first-order chi connectivity index (χ1) is 12.8. The molecule has 1 aliphatic heterocycles. The Balaban J connectivity index is 2.36. The molecule has 0 spiro atoms. The van der Waals surface area contributed by atoms with Crippen LogP contribution < -0.4 is 10.3 Å². The Bertz CT molecular complexity index is 969. The molecule has 0 bridgehead atoms. The number of likely N-dealkylation sites (N-methyl/N-ethyl adjacent to an activating group) is 1. The summed E-state index contributed by atoms with van der Waals surface area (Å²) in [6.45, 7) is 0.736. The van der Waals surface area contributed by atoms with Gasteiger partial charge < -0.3 is 24.6 Å². The molecular formula is C17H18F3N3O4. The topological polar surface area (TPSA) is 86.0 Å². The predicted octanol–water partition coefficient (Wildman–Crippen LogP) is 0.861. The number of fused-ring (bicyclic) bond motifs is 1. The second kappa shape index (κ2) is 7.20. The second-order valence-corrected chi connectivity index (χ2v) is 6.40. The summed E-state index contributed by atoms with van der Waals surface area (Å²) < 4.78 is 45.6. The number of carboxylic acid groups (broad SMARTS) is 1. The molecule has 2 N–H and O–H groups in total. The Morgan fingerprint density at radius 3 is 2.30 bits per heavy atom. The molecule has 0 unspecified atom stereocenters. The maximum Gasteiger partial charge on any atom is 0.341 e. The van der Waals surface area contributed by atoms with Gasteiger partial charge >= 0.3 is 5.97 Å². The van der Waals surface area contributed by atoms with Crippen molar-refractivity contribution >= 4 is 22.6 Å². The van der Waals surface area contributed by atoms with Crippen LogP contribution in [0.4, 0.5) is 18.9 Å². The number of nitrogens with zero attached hydrogens (tertiary/aromatic N) is 3. The van der Waals surface area contributed by atoms with Gasteiger partial charge in [0.05, 0.1) is 17.5 Å². The van der Waals surface area contributed by atoms with E-state index in [1.54, 1.807) is 0 Å². The highest BCUT2D eigenvalue weighted by atomic mass is 19.2. The maximum absolute atomic E-state index is 15.2. The fourth-order valence-electron chi connectivity index (χ4n) is 3.27. The molecule has 0 atom stereocenters. The minimum atomic E-state index is -1.66. The molecule has 0 aliphatic carbocycles. The van der Waals surface area contributed by atoms with E-state index in [0.29, 0.717) is 13.1 Å². The van der Waals surface area contributed by atoms with Gasteiger partial charge in [-0.2, -0.15) is 0 Å². The van der Waals surface area contributed by atoms with Crippen molar-refractivity contribution in [2.45, 2.75) is 6.54 Å². The fraction of sp³-hybridized carbons (Fsp3) is 0.412. The molecule has 0 radical (unpaired) electrons. The van der Waals surface area contributed by atoms with Crippen LogP contribution in [-0.2, 0) is 6.54 Å². The standard InChI is InChI=1S/C17H18F3N3O4/c1-21-2-4-22(5-3-21)15-12(19)11(18)10-14(13(15)20)23(6-7-24)8-9(16(10)25)17(26)27/h8,24H,2-7H2,1H3,(H,26,27). The zero-order chi connectivity index (χ0) is 19.9. The summed E-state index contributed by atoms with van der Waals surface area (Å²) in [7, 11) is 1.84. The van der Waals surface area contributed by atoms with Crippen LogP contribution in [-0.4, -0.2) is 65.5 Å². The molecule has 146 valence electrons. The smallest absolute Gasteiger partial charge is 0.341 e. The molecule has 0 amide bonds. The van der Waals surface area contributed by atoms with Crippen LogP contribution in [0.5, 0.6) is 0 Å². The molecule has 0 saturated carbocycles. The third kappa shape index (κ3) is 3.15. The molecule has 1 aromatic carbocycles. The van der Waals surface area contributed by atoms with E-state index < -0.39 is 57.6 Å². The minimum absolute atomic E-state index is 0.257. The number of benzene rings is 1. The molecular weight excluding hydrogens is 367 g/mol. The summed E-state index contributed by atoms with van der Waals surface area (Å²) in [6.07, 6.45) is 0.831. The number of hydrogen-bond donors (Lipinski definition) is 2. The number of hydrogen-bond acceptors (Lipinski definition) is 5. The normalized spacial score (nSPS) is 15.5. The monoisotopic (exact) mass is 385 g/mol. The van der Waals surface area contributed by atoms with Crippen LogP contribution in [0.15, 0.2) is 11.0 Å². The molecule has 2 heterocycles. The molecule has 2 aromatic rings. The second-order valence-electron chi connectivity index (χ2n) is 6.40. The molecule has 1 fully saturated rings. The predicted molar refractivity (Wildman–Crippen MR) is 91.8 cm³/mol. The van der Waals surface area contributed by atoms with Crippen LogP contribution in [0.2, 0.25) is 0 Å². The number of aliphatic hydroxyl groups excluding tert-OH is 1. The minimum Gasteiger partial charge on any atom is -0.477 e. The van der Waals surface area contributed by atoms with E-state index in [4.69, 9.17) is 5.11 Å². The number of anilines is 1. The Labute approximate surface area is 151 Å². The SMILES string of the molecule is CN1CCN(c2c(F)c(F)c3c(=O)c(C(=O)O)cn(CCO)c3c2F)CC1. The van der Waals surface area contributed by atoms with Gasteiger partial charge in [-0.15, -0.1) is 0 Å². The zero-order valence-electron chi connectivity index (χ0n) is 14.5.